The summed E-state index contributed by atoms with van der Waals surface area (Å²) in [6, 6.07) is 28.9. The Morgan fingerprint density at radius 3 is 1.12 bits per heavy atom. The fraction of sp³-hybridized carbons (Fsp3) is 0.149. The summed E-state index contributed by atoms with van der Waals surface area (Å²) >= 11 is 0. The van der Waals surface area contributed by atoms with Gasteiger partial charge in [0.2, 0.25) is 5.78 Å². The van der Waals surface area contributed by atoms with Crippen molar-refractivity contribution in [1.29, 1.82) is 0 Å². The van der Waals surface area contributed by atoms with Crippen LogP contribution in [0.2, 0.25) is 0 Å². The van der Waals surface area contributed by atoms with E-state index in [0.29, 0.717) is 59.8 Å². The minimum atomic E-state index is -4.77. The molecular weight excluding hydrogens is 899 g/mol. The number of hydrogen-bond acceptors (Lipinski definition) is 4. The second kappa shape index (κ2) is 19.2. The first-order valence-corrected chi connectivity index (χ1v) is 21.1. The molecule has 18 heteroatoms. The number of ether oxygens (including phenoxy) is 1. The van der Waals surface area contributed by atoms with Crippen LogP contribution in [0.3, 0.4) is 0 Å². The molecule has 1 unspecified atom stereocenters. The zero-order chi connectivity index (χ0) is 48.0. The minimum Gasteiger partial charge on any atom is -0.427 e. The van der Waals surface area contributed by atoms with Gasteiger partial charge in [0.25, 0.3) is 0 Å². The third-order valence-electron chi connectivity index (χ3n) is 9.98. The molecule has 1 atom stereocenters. The van der Waals surface area contributed by atoms with E-state index in [1.165, 1.54) is 25.3 Å². The van der Waals surface area contributed by atoms with Gasteiger partial charge in [-0.15, -0.1) is 0 Å². The van der Waals surface area contributed by atoms with E-state index in [1.807, 2.05) is 30.3 Å². The molecule has 6 aromatic rings. The summed E-state index contributed by atoms with van der Waals surface area (Å²) in [6.45, 7) is 1.30. The van der Waals surface area contributed by atoms with Gasteiger partial charge in [0.15, 0.2) is 20.9 Å². The van der Waals surface area contributed by atoms with Crippen molar-refractivity contribution >= 4 is 49.7 Å². The molecule has 0 aliphatic rings. The van der Waals surface area contributed by atoms with Crippen molar-refractivity contribution in [3.63, 3.8) is 0 Å². The second-order valence-corrected chi connectivity index (χ2v) is 17.1. The highest BCUT2D eigenvalue weighted by Gasteiger charge is 2.38. The smallest absolute Gasteiger partial charge is 0.416 e. The monoisotopic (exact) mass is 932 g/mol. The lowest BCUT2D eigenvalue weighted by atomic mass is 9.13. The zero-order valence-electron chi connectivity index (χ0n) is 33.8. The molecule has 0 aliphatic heterocycles. The van der Waals surface area contributed by atoms with E-state index in [-0.39, 0.29) is 33.4 Å². The zero-order valence-corrected chi connectivity index (χ0v) is 34.6. The maximum Gasteiger partial charge on any atom is 0.416 e. The molecule has 0 saturated heterocycles. The molecule has 338 valence electrons. The standard InChI is InChI=1S/C28H16BF12.C19H17O4S/c30-25(31,32)17-1-9-21(10-2-17)29(22-11-3-18(4-12-22)26(33,34)35,23-13-5-19(6-14-23)27(36,37)38)24-15-7-20(8-16-24)28(39,40)41;1-15(20)23-18-10-8-17(9-11-18)19(21)14-24(2,22)13-12-16-6-4-3-5-7-16/h1-16H;3-11H,14H2,1-2H3/q-1;+1. The number of rotatable bonds is 8. The van der Waals surface area contributed by atoms with Gasteiger partial charge >= 0.3 is 30.7 Å². The Hall–Kier alpha value is -6.61. The summed E-state index contributed by atoms with van der Waals surface area (Å²) in [5.74, 6) is 2.35. The molecule has 65 heavy (non-hydrogen) atoms. The Morgan fingerprint density at radius 2 is 0.831 bits per heavy atom. The molecule has 6 aromatic carbocycles. The third kappa shape index (κ3) is 12.6. The third-order valence-corrected chi connectivity index (χ3v) is 11.3. The van der Waals surface area contributed by atoms with E-state index in [1.54, 1.807) is 12.1 Å². The average molecular weight is 933 g/mol. The van der Waals surface area contributed by atoms with Gasteiger partial charge in [-0.1, -0.05) is 119 Å². The maximum absolute atomic E-state index is 13.3. The largest absolute Gasteiger partial charge is 0.427 e. The van der Waals surface area contributed by atoms with Crippen LogP contribution in [0.1, 0.15) is 45.1 Å². The number of hydrogen-bond donors (Lipinski definition) is 0. The molecule has 0 amide bonds. The SMILES string of the molecule is CC(=O)Oc1ccc(C(=O)C[S+](C)(=O)C#Cc2ccccc2)cc1.FC(F)(F)c1ccc([B-](c2ccc(C(F)(F)F)cc2)(c2ccc(C(F)(F)F)cc2)c2ccc(C(F)(F)F)cc2)cc1. The number of benzene rings is 6. The Balaban J connectivity index is 0.000000281. The summed E-state index contributed by atoms with van der Waals surface area (Å²) < 4.78 is 177. The Morgan fingerprint density at radius 1 is 0.508 bits per heavy atom. The normalized spacial score (nSPS) is 13.0. The number of alkyl halides is 12. The van der Waals surface area contributed by atoms with Gasteiger partial charge in [-0.25, -0.2) is 0 Å². The fourth-order valence-corrected chi connectivity index (χ4v) is 8.00. The van der Waals surface area contributed by atoms with Crippen molar-refractivity contribution in [3.05, 3.63) is 185 Å². The second-order valence-electron chi connectivity index (χ2n) is 14.6. The highest BCUT2D eigenvalue weighted by molar-refractivity contribution is 8.07. The first kappa shape index (κ1) is 49.4. The molecule has 0 saturated carbocycles. The number of esters is 1. The lowest BCUT2D eigenvalue weighted by Crippen LogP contribution is -2.74. The van der Waals surface area contributed by atoms with Crippen molar-refractivity contribution in [2.75, 3.05) is 12.0 Å². The summed E-state index contributed by atoms with van der Waals surface area (Å²) in [4.78, 5) is 23.1. The number of Topliss-reactive ketones (excluding diaryl/α,β-unsaturated/α-hetero) is 1. The van der Waals surface area contributed by atoms with Crippen LogP contribution >= 0.6 is 0 Å². The quantitative estimate of drug-likeness (QED) is 0.0290. The van der Waals surface area contributed by atoms with E-state index >= 15 is 0 Å². The molecule has 0 radical (unpaired) electrons. The molecule has 0 spiro atoms. The summed E-state index contributed by atoms with van der Waals surface area (Å²) in [5, 5.41) is 2.70. The fourth-order valence-electron chi connectivity index (χ4n) is 6.93. The van der Waals surface area contributed by atoms with Crippen LogP contribution in [-0.2, 0) is 43.6 Å². The van der Waals surface area contributed by atoms with Gasteiger partial charge in [0.1, 0.15) is 18.2 Å². The minimum absolute atomic E-state index is 0.0114. The predicted octanol–water partition coefficient (Wildman–Crippen LogP) is 10.1. The van der Waals surface area contributed by atoms with Crippen LogP contribution < -0.4 is 26.6 Å². The first-order valence-electron chi connectivity index (χ1n) is 18.9. The molecule has 0 heterocycles. The van der Waals surface area contributed by atoms with Crippen molar-refractivity contribution in [3.8, 4) is 16.9 Å². The average Bonchev–Trinajstić information content (AvgIpc) is 3.23. The topological polar surface area (TPSA) is 60.4 Å². The summed E-state index contributed by atoms with van der Waals surface area (Å²) in [6.07, 6.45) is -20.5. The van der Waals surface area contributed by atoms with Crippen molar-refractivity contribution in [2.45, 2.75) is 31.6 Å². The van der Waals surface area contributed by atoms with Gasteiger partial charge < -0.3 is 4.74 Å². The van der Waals surface area contributed by atoms with Crippen LogP contribution in [0.5, 0.6) is 5.75 Å². The number of ketones is 1. The molecule has 0 fully saturated rings. The highest BCUT2D eigenvalue weighted by atomic mass is 32.2. The molecule has 0 aromatic heterocycles. The van der Waals surface area contributed by atoms with Crippen molar-refractivity contribution < 1.29 is 71.2 Å². The van der Waals surface area contributed by atoms with Crippen LogP contribution in [-0.4, -0.2) is 29.9 Å². The Bertz CT molecular complexity index is 2470. The number of carbonyl (C=O) groups excluding carboxylic acids is 2. The van der Waals surface area contributed by atoms with E-state index in [9.17, 15) is 66.5 Å². The molecule has 0 N–H and O–H groups in total. The van der Waals surface area contributed by atoms with Crippen LogP contribution in [0, 0.1) is 11.2 Å². The van der Waals surface area contributed by atoms with Crippen molar-refractivity contribution in [2.24, 2.45) is 0 Å². The van der Waals surface area contributed by atoms with Gasteiger partial charge in [-0.2, -0.15) is 74.5 Å². The summed E-state index contributed by atoms with van der Waals surface area (Å²) in [5.41, 5.74) is -3.14. The highest BCUT2D eigenvalue weighted by Crippen LogP contribution is 2.32. The lowest BCUT2D eigenvalue weighted by Gasteiger charge is -2.44. The predicted molar refractivity (Wildman–Crippen MR) is 224 cm³/mol. The van der Waals surface area contributed by atoms with Crippen LogP contribution in [0.4, 0.5) is 52.7 Å². The van der Waals surface area contributed by atoms with Gasteiger partial charge in [0.05, 0.1) is 22.3 Å². The van der Waals surface area contributed by atoms with E-state index in [2.05, 4.69) is 11.2 Å². The molecule has 4 nitrogen and oxygen atoms in total. The first-order chi connectivity index (χ1) is 30.2. The van der Waals surface area contributed by atoms with Gasteiger partial charge in [-0.05, 0) is 42.3 Å². The molecule has 6 rings (SSSR count). The van der Waals surface area contributed by atoms with Crippen molar-refractivity contribution in [1.82, 2.24) is 0 Å². The number of halogens is 12. The van der Waals surface area contributed by atoms with Crippen LogP contribution in [0.15, 0.2) is 152 Å². The Kier molecular flexibility index (Phi) is 14.6. The maximum atomic E-state index is 13.3. The van der Waals surface area contributed by atoms with E-state index < -0.39 is 69.0 Å². The molecule has 0 aliphatic carbocycles. The Labute approximate surface area is 365 Å². The molecule has 0 bridgehead atoms. The lowest BCUT2D eigenvalue weighted by molar-refractivity contribution is -0.138. The van der Waals surface area contributed by atoms with E-state index in [4.69, 9.17) is 4.74 Å². The number of carbonyl (C=O) groups is 2. The van der Waals surface area contributed by atoms with Gasteiger partial charge in [-0.3, -0.25) is 9.59 Å². The van der Waals surface area contributed by atoms with E-state index in [0.717, 1.165) is 54.1 Å². The summed E-state index contributed by atoms with van der Waals surface area (Å²) in [7, 11) is -2.60. The van der Waals surface area contributed by atoms with Crippen LogP contribution in [0.25, 0.3) is 0 Å². The molecular formula is C47H33BF12O4S. The van der Waals surface area contributed by atoms with Gasteiger partial charge in [0, 0.05) is 18.1 Å².